The molecule has 2 saturated carbocycles. The Morgan fingerprint density at radius 3 is 2.32 bits per heavy atom. The molecular formula is C25H38O9. The molecule has 2 rings (SSSR count). The second-order valence-electron chi connectivity index (χ2n) is 10.1. The lowest BCUT2D eigenvalue weighted by Gasteiger charge is -2.58. The Balaban J connectivity index is 2.30. The van der Waals surface area contributed by atoms with E-state index >= 15 is 0 Å². The van der Waals surface area contributed by atoms with Gasteiger partial charge in [0.25, 0.3) is 0 Å². The van der Waals surface area contributed by atoms with E-state index < -0.39 is 36.4 Å². The number of methoxy groups -OCH3 is 2. The van der Waals surface area contributed by atoms with E-state index in [2.05, 4.69) is 20.4 Å². The zero-order chi connectivity index (χ0) is 25.7. The lowest BCUT2D eigenvalue weighted by atomic mass is 9.47. The maximum atomic E-state index is 12.5. The van der Waals surface area contributed by atoms with Gasteiger partial charge in [-0.2, -0.15) is 0 Å². The molecule has 2 aliphatic rings. The van der Waals surface area contributed by atoms with Crippen LogP contribution in [0.4, 0.5) is 0 Å². The molecule has 0 radical (unpaired) electrons. The third-order valence-electron chi connectivity index (χ3n) is 7.89. The monoisotopic (exact) mass is 482 g/mol. The number of hydrogen-bond acceptors (Lipinski definition) is 8. The average Bonchev–Trinajstić information content (AvgIpc) is 2.77. The Kier molecular flexibility index (Phi) is 9.28. The molecule has 0 aromatic rings. The predicted octanol–water partition coefficient (Wildman–Crippen LogP) is 3.15. The molecule has 0 spiro atoms. The second kappa shape index (κ2) is 11.3. The van der Waals surface area contributed by atoms with Gasteiger partial charge in [-0.3, -0.25) is 14.4 Å². The van der Waals surface area contributed by atoms with Gasteiger partial charge in [0.15, 0.2) is 6.10 Å². The summed E-state index contributed by atoms with van der Waals surface area (Å²) in [6, 6.07) is 0. The van der Waals surface area contributed by atoms with Crippen LogP contribution in [0.2, 0.25) is 0 Å². The molecule has 0 aliphatic heterocycles. The number of carboxylic acid groups (broad SMARTS) is 1. The Bertz CT molecular complexity index is 806. The van der Waals surface area contributed by atoms with E-state index in [1.807, 2.05) is 0 Å². The minimum atomic E-state index is -1.42. The number of aliphatic carboxylic acids is 1. The summed E-state index contributed by atoms with van der Waals surface area (Å²) in [7, 11) is 2.29. The maximum Gasteiger partial charge on any atom is 0.335 e. The molecule has 0 bridgehead atoms. The highest BCUT2D eigenvalue weighted by Crippen LogP contribution is 2.61. The van der Waals surface area contributed by atoms with Crippen LogP contribution in [0, 0.1) is 28.6 Å². The number of carbonyl (C=O) groups is 4. The van der Waals surface area contributed by atoms with Crippen LogP contribution >= 0.6 is 0 Å². The quantitative estimate of drug-likeness (QED) is 0.284. The smallest absolute Gasteiger partial charge is 0.335 e. The second-order valence-corrected chi connectivity index (χ2v) is 10.1. The number of carbonyl (C=O) groups excluding carboxylic acids is 3. The van der Waals surface area contributed by atoms with E-state index in [1.165, 1.54) is 6.92 Å². The highest BCUT2D eigenvalue weighted by atomic mass is 16.6. The van der Waals surface area contributed by atoms with Gasteiger partial charge in [0.1, 0.15) is 5.92 Å². The minimum Gasteiger partial charge on any atom is -0.481 e. The van der Waals surface area contributed by atoms with Gasteiger partial charge < -0.3 is 24.1 Å². The van der Waals surface area contributed by atoms with E-state index in [1.54, 1.807) is 0 Å². The summed E-state index contributed by atoms with van der Waals surface area (Å²) >= 11 is 0. The maximum absolute atomic E-state index is 12.5. The Labute approximate surface area is 201 Å². The first-order chi connectivity index (χ1) is 15.9. The van der Waals surface area contributed by atoms with Gasteiger partial charge in [0.05, 0.1) is 33.9 Å². The number of carboxylic acids is 1. The molecular weight excluding hydrogens is 444 g/mol. The first-order valence-corrected chi connectivity index (χ1v) is 11.7. The van der Waals surface area contributed by atoms with Gasteiger partial charge in [-0.25, -0.2) is 4.79 Å². The van der Waals surface area contributed by atoms with Gasteiger partial charge in [-0.1, -0.05) is 32.4 Å². The van der Waals surface area contributed by atoms with E-state index in [-0.39, 0.29) is 35.2 Å². The van der Waals surface area contributed by atoms with Crippen molar-refractivity contribution in [2.75, 3.05) is 27.4 Å². The highest BCUT2D eigenvalue weighted by molar-refractivity contribution is 5.86. The van der Waals surface area contributed by atoms with Gasteiger partial charge >= 0.3 is 23.9 Å². The van der Waals surface area contributed by atoms with Crippen molar-refractivity contribution < 1.29 is 43.2 Å². The van der Waals surface area contributed by atoms with Crippen molar-refractivity contribution in [2.45, 2.75) is 65.4 Å². The van der Waals surface area contributed by atoms with Crippen LogP contribution in [0.5, 0.6) is 0 Å². The number of esters is 3. The summed E-state index contributed by atoms with van der Waals surface area (Å²) in [5.41, 5.74) is 0.570. The first-order valence-electron chi connectivity index (χ1n) is 11.7. The summed E-state index contributed by atoms with van der Waals surface area (Å²) in [5.74, 6) is -4.47. The van der Waals surface area contributed by atoms with Crippen molar-refractivity contribution in [2.24, 2.45) is 28.6 Å². The molecule has 0 aromatic carbocycles. The Morgan fingerprint density at radius 2 is 1.76 bits per heavy atom. The summed E-state index contributed by atoms with van der Waals surface area (Å²) in [4.78, 5) is 47.7. The molecule has 6 atom stereocenters. The fourth-order valence-corrected chi connectivity index (χ4v) is 6.15. The Morgan fingerprint density at radius 1 is 1.12 bits per heavy atom. The summed E-state index contributed by atoms with van der Waals surface area (Å²) in [6.45, 7) is 10.5. The van der Waals surface area contributed by atoms with Crippen molar-refractivity contribution in [1.29, 1.82) is 0 Å². The van der Waals surface area contributed by atoms with E-state index in [0.717, 1.165) is 51.9 Å². The van der Waals surface area contributed by atoms with E-state index in [0.29, 0.717) is 6.61 Å². The Hall–Kier alpha value is -2.42. The number of rotatable bonds is 10. The van der Waals surface area contributed by atoms with E-state index in [9.17, 15) is 24.3 Å². The number of ether oxygens (including phenoxy) is 4. The fourth-order valence-electron chi connectivity index (χ4n) is 6.15. The lowest BCUT2D eigenvalue weighted by Crippen LogP contribution is -2.53. The van der Waals surface area contributed by atoms with Crippen LogP contribution < -0.4 is 0 Å². The van der Waals surface area contributed by atoms with Crippen LogP contribution in [-0.4, -0.2) is 62.5 Å². The first kappa shape index (κ1) is 27.8. The minimum absolute atomic E-state index is 0.0857. The lowest BCUT2D eigenvalue weighted by molar-refractivity contribution is -0.175. The third-order valence-corrected chi connectivity index (χ3v) is 7.89. The molecule has 2 fully saturated rings. The molecule has 0 saturated heterocycles. The normalized spacial score (nSPS) is 30.4. The third kappa shape index (κ3) is 5.98. The van der Waals surface area contributed by atoms with Crippen LogP contribution in [0.25, 0.3) is 0 Å². The summed E-state index contributed by atoms with van der Waals surface area (Å²) in [5, 5.41) is 9.27. The van der Waals surface area contributed by atoms with Crippen LogP contribution in [0.1, 0.15) is 59.3 Å². The van der Waals surface area contributed by atoms with Crippen LogP contribution in [0.3, 0.4) is 0 Å². The average molecular weight is 483 g/mol. The van der Waals surface area contributed by atoms with Crippen LogP contribution in [-0.2, 0) is 38.1 Å². The van der Waals surface area contributed by atoms with Crippen molar-refractivity contribution in [3.63, 3.8) is 0 Å². The zero-order valence-corrected chi connectivity index (χ0v) is 20.9. The molecule has 9 heteroatoms. The SMILES string of the molecule is C=C1CCC2C(C)(COC(C)=O)CCCC2(C)C1COC(C(=O)OC)C(CC(=O)O)C(=O)OC. The van der Waals surface area contributed by atoms with Crippen LogP contribution in [0.15, 0.2) is 12.2 Å². The molecule has 192 valence electrons. The molecule has 34 heavy (non-hydrogen) atoms. The fraction of sp³-hybridized carbons (Fsp3) is 0.760. The highest BCUT2D eigenvalue weighted by Gasteiger charge is 2.55. The zero-order valence-electron chi connectivity index (χ0n) is 20.9. The number of hydrogen-bond donors (Lipinski definition) is 1. The van der Waals surface area contributed by atoms with Crippen molar-refractivity contribution in [1.82, 2.24) is 0 Å². The molecule has 9 nitrogen and oxygen atoms in total. The van der Waals surface area contributed by atoms with Crippen molar-refractivity contribution >= 4 is 23.9 Å². The number of fused-ring (bicyclic) bond motifs is 1. The van der Waals surface area contributed by atoms with Gasteiger partial charge in [0, 0.05) is 18.3 Å². The summed E-state index contributed by atoms with van der Waals surface area (Å²) < 4.78 is 21.0. The van der Waals surface area contributed by atoms with Crippen molar-refractivity contribution in [3.8, 4) is 0 Å². The summed E-state index contributed by atoms with van der Waals surface area (Å²) in [6.07, 6.45) is 2.43. The van der Waals surface area contributed by atoms with Gasteiger partial charge in [0.2, 0.25) is 0 Å². The molecule has 0 aromatic heterocycles. The molecule has 0 amide bonds. The molecule has 0 heterocycles. The van der Waals surface area contributed by atoms with Gasteiger partial charge in [-0.05, 0) is 37.0 Å². The molecule has 1 N–H and O–H groups in total. The largest absolute Gasteiger partial charge is 0.481 e. The van der Waals surface area contributed by atoms with Crippen molar-refractivity contribution in [3.05, 3.63) is 12.2 Å². The van der Waals surface area contributed by atoms with E-state index in [4.69, 9.17) is 18.9 Å². The topological polar surface area (TPSA) is 125 Å². The standard InChI is InChI=1S/C25H38O9/c1-15-8-9-19-24(3,14-34-16(2)26)10-7-11-25(19,4)18(15)13-33-21(23(30)32-6)17(12-20(27)28)22(29)31-5/h17-19,21H,1,7-14H2,2-6H3,(H,27,28). The molecule has 6 unspecified atom stereocenters. The van der Waals surface area contributed by atoms with Gasteiger partial charge in [-0.15, -0.1) is 0 Å². The predicted molar refractivity (Wildman–Crippen MR) is 122 cm³/mol. The molecule has 2 aliphatic carbocycles.